The Hall–Kier alpha value is -2.69. The Morgan fingerprint density at radius 1 is 1.38 bits per heavy atom. The van der Waals surface area contributed by atoms with E-state index in [0.717, 1.165) is 6.08 Å². The lowest BCUT2D eigenvalue weighted by Crippen LogP contribution is -2.22. The van der Waals surface area contributed by atoms with Crippen molar-refractivity contribution in [1.82, 2.24) is 4.57 Å². The third-order valence-electron chi connectivity index (χ3n) is 3.05. The molecule has 0 aliphatic carbocycles. The van der Waals surface area contributed by atoms with Gasteiger partial charge in [0.2, 0.25) is 0 Å². The number of aromatic nitrogens is 1. The fourth-order valence-electron chi connectivity index (χ4n) is 1.93. The molecule has 0 saturated carbocycles. The quantitative estimate of drug-likeness (QED) is 0.879. The van der Waals surface area contributed by atoms with E-state index in [-0.39, 0.29) is 12.1 Å². The molecule has 2 rings (SSSR count). The van der Waals surface area contributed by atoms with Gasteiger partial charge in [-0.25, -0.2) is 9.18 Å². The van der Waals surface area contributed by atoms with E-state index in [4.69, 9.17) is 5.11 Å². The normalized spacial score (nSPS) is 11.0. The number of aryl methyl sites for hydroxylation is 1. The van der Waals surface area contributed by atoms with Gasteiger partial charge in [0.05, 0.1) is 6.54 Å². The first kappa shape index (κ1) is 14.7. The maximum atomic E-state index is 14.0. The molecule has 4 nitrogen and oxygen atoms in total. The Balaban J connectivity index is 2.28. The van der Waals surface area contributed by atoms with Crippen molar-refractivity contribution in [3.63, 3.8) is 0 Å². The van der Waals surface area contributed by atoms with E-state index < -0.39 is 11.8 Å². The summed E-state index contributed by atoms with van der Waals surface area (Å²) in [6.07, 6.45) is 3.86. The van der Waals surface area contributed by atoms with Gasteiger partial charge in [-0.3, -0.25) is 4.79 Å². The van der Waals surface area contributed by atoms with Gasteiger partial charge in [0, 0.05) is 23.4 Å². The number of rotatable bonds is 4. The Bertz CT molecular complexity index is 762. The third-order valence-corrected chi connectivity index (χ3v) is 3.05. The molecule has 21 heavy (non-hydrogen) atoms. The van der Waals surface area contributed by atoms with Crippen LogP contribution in [0.3, 0.4) is 0 Å². The smallest absolute Gasteiger partial charge is 0.328 e. The lowest BCUT2D eigenvalue weighted by Gasteiger charge is -2.08. The third kappa shape index (κ3) is 3.66. The van der Waals surface area contributed by atoms with Crippen LogP contribution in [0.15, 0.2) is 47.4 Å². The second-order valence-electron chi connectivity index (χ2n) is 4.65. The van der Waals surface area contributed by atoms with Gasteiger partial charge < -0.3 is 9.67 Å². The van der Waals surface area contributed by atoms with Crippen molar-refractivity contribution in [2.75, 3.05) is 0 Å². The standard InChI is InChI=1S/C16H14FNO3/c1-11-3-2-8-18(16(11)21)10-13-6-4-12(9-14(13)17)5-7-15(19)20/h2-9H,10H2,1H3,(H,19,20). The van der Waals surface area contributed by atoms with E-state index in [1.807, 2.05) is 0 Å². The van der Waals surface area contributed by atoms with Crippen LogP contribution in [0.4, 0.5) is 4.39 Å². The number of carbonyl (C=O) groups is 1. The van der Waals surface area contributed by atoms with Gasteiger partial charge in [0.15, 0.2) is 0 Å². The zero-order chi connectivity index (χ0) is 15.4. The van der Waals surface area contributed by atoms with Crippen LogP contribution in [-0.4, -0.2) is 15.6 Å². The lowest BCUT2D eigenvalue weighted by atomic mass is 10.1. The maximum Gasteiger partial charge on any atom is 0.328 e. The second-order valence-corrected chi connectivity index (χ2v) is 4.65. The molecule has 0 unspecified atom stereocenters. The average molecular weight is 287 g/mol. The summed E-state index contributed by atoms with van der Waals surface area (Å²) in [7, 11) is 0. The summed E-state index contributed by atoms with van der Waals surface area (Å²) in [4.78, 5) is 22.3. The highest BCUT2D eigenvalue weighted by molar-refractivity contribution is 5.85. The summed E-state index contributed by atoms with van der Waals surface area (Å²) in [5, 5.41) is 8.53. The number of pyridine rings is 1. The minimum Gasteiger partial charge on any atom is -0.478 e. The van der Waals surface area contributed by atoms with E-state index in [0.29, 0.717) is 16.7 Å². The topological polar surface area (TPSA) is 59.3 Å². The molecule has 1 N–H and O–H groups in total. The Morgan fingerprint density at radius 3 is 2.81 bits per heavy atom. The average Bonchev–Trinajstić information content (AvgIpc) is 2.44. The van der Waals surface area contributed by atoms with Crippen LogP contribution in [-0.2, 0) is 11.3 Å². The highest BCUT2D eigenvalue weighted by Gasteiger charge is 2.06. The molecular formula is C16H14FNO3. The predicted octanol–water partition coefficient (Wildman–Crippen LogP) is 2.44. The van der Waals surface area contributed by atoms with Crippen LogP contribution >= 0.6 is 0 Å². The van der Waals surface area contributed by atoms with Gasteiger partial charge in [-0.1, -0.05) is 18.2 Å². The molecule has 0 fully saturated rings. The molecule has 5 heteroatoms. The van der Waals surface area contributed by atoms with Gasteiger partial charge in [-0.15, -0.1) is 0 Å². The molecule has 0 aliphatic heterocycles. The Kier molecular flexibility index (Phi) is 4.33. The number of benzene rings is 1. The van der Waals surface area contributed by atoms with E-state index in [2.05, 4.69) is 0 Å². The van der Waals surface area contributed by atoms with Crippen LogP contribution in [0.25, 0.3) is 6.08 Å². The Morgan fingerprint density at radius 2 is 2.14 bits per heavy atom. The first-order chi connectivity index (χ1) is 9.97. The summed E-state index contributed by atoms with van der Waals surface area (Å²) >= 11 is 0. The van der Waals surface area contributed by atoms with Crippen LogP contribution in [0.1, 0.15) is 16.7 Å². The molecule has 0 bridgehead atoms. The highest BCUT2D eigenvalue weighted by Crippen LogP contribution is 2.13. The number of hydrogen-bond donors (Lipinski definition) is 1. The van der Waals surface area contributed by atoms with Crippen LogP contribution in [0, 0.1) is 12.7 Å². The predicted molar refractivity (Wildman–Crippen MR) is 77.6 cm³/mol. The molecule has 108 valence electrons. The number of nitrogens with zero attached hydrogens (tertiary/aromatic N) is 1. The van der Waals surface area contributed by atoms with Gasteiger partial charge >= 0.3 is 5.97 Å². The number of aliphatic carboxylic acids is 1. The van der Waals surface area contributed by atoms with Crippen LogP contribution < -0.4 is 5.56 Å². The SMILES string of the molecule is Cc1cccn(Cc2ccc(C=CC(=O)O)cc2F)c1=O. The van der Waals surface area contributed by atoms with E-state index in [1.54, 1.807) is 37.4 Å². The molecule has 0 radical (unpaired) electrons. The monoisotopic (exact) mass is 287 g/mol. The molecule has 1 aromatic heterocycles. The van der Waals surface area contributed by atoms with Crippen molar-refractivity contribution < 1.29 is 14.3 Å². The molecular weight excluding hydrogens is 273 g/mol. The highest BCUT2D eigenvalue weighted by atomic mass is 19.1. The van der Waals surface area contributed by atoms with Gasteiger partial charge in [-0.05, 0) is 30.7 Å². The molecule has 0 atom stereocenters. The molecule has 1 aromatic carbocycles. The van der Waals surface area contributed by atoms with Crippen molar-refractivity contribution in [1.29, 1.82) is 0 Å². The number of hydrogen-bond acceptors (Lipinski definition) is 2. The number of halogens is 1. The van der Waals surface area contributed by atoms with Crippen LogP contribution in [0.2, 0.25) is 0 Å². The largest absolute Gasteiger partial charge is 0.478 e. The summed E-state index contributed by atoms with van der Waals surface area (Å²) in [5.74, 6) is -1.57. The molecule has 0 aliphatic rings. The Labute approximate surface area is 120 Å². The van der Waals surface area contributed by atoms with Crippen molar-refractivity contribution in [2.24, 2.45) is 0 Å². The fourth-order valence-corrected chi connectivity index (χ4v) is 1.93. The summed E-state index contributed by atoms with van der Waals surface area (Å²) in [6, 6.07) is 7.84. The zero-order valence-corrected chi connectivity index (χ0v) is 11.4. The maximum absolute atomic E-state index is 14.0. The molecule has 0 saturated heterocycles. The minimum absolute atomic E-state index is 0.134. The zero-order valence-electron chi connectivity index (χ0n) is 11.4. The van der Waals surface area contributed by atoms with Crippen molar-refractivity contribution in [3.05, 3.63) is 75.5 Å². The first-order valence-electron chi connectivity index (χ1n) is 6.33. The first-order valence-corrected chi connectivity index (χ1v) is 6.33. The number of carboxylic acids is 1. The molecule has 0 amide bonds. The van der Waals surface area contributed by atoms with Gasteiger partial charge in [-0.2, -0.15) is 0 Å². The molecule has 1 heterocycles. The van der Waals surface area contributed by atoms with E-state index in [9.17, 15) is 14.0 Å². The molecule has 2 aromatic rings. The van der Waals surface area contributed by atoms with Crippen molar-refractivity contribution in [2.45, 2.75) is 13.5 Å². The van der Waals surface area contributed by atoms with Crippen LogP contribution in [0.5, 0.6) is 0 Å². The lowest BCUT2D eigenvalue weighted by molar-refractivity contribution is -0.131. The summed E-state index contributed by atoms with van der Waals surface area (Å²) in [6.45, 7) is 1.84. The second kappa shape index (κ2) is 6.17. The van der Waals surface area contributed by atoms with E-state index in [1.165, 1.54) is 16.7 Å². The summed E-state index contributed by atoms with van der Waals surface area (Å²) in [5.41, 5.74) is 1.26. The fraction of sp³-hybridized carbons (Fsp3) is 0.125. The number of carboxylic acid groups (broad SMARTS) is 1. The van der Waals surface area contributed by atoms with Crippen molar-refractivity contribution in [3.8, 4) is 0 Å². The van der Waals surface area contributed by atoms with Crippen molar-refractivity contribution >= 4 is 12.0 Å². The molecule has 0 spiro atoms. The minimum atomic E-state index is -1.09. The van der Waals surface area contributed by atoms with E-state index >= 15 is 0 Å². The van der Waals surface area contributed by atoms with Gasteiger partial charge in [0.25, 0.3) is 5.56 Å². The van der Waals surface area contributed by atoms with Gasteiger partial charge in [0.1, 0.15) is 5.82 Å². The summed E-state index contributed by atoms with van der Waals surface area (Å²) < 4.78 is 15.4.